The fourth-order valence-corrected chi connectivity index (χ4v) is 2.42. The van der Waals surface area contributed by atoms with E-state index >= 15 is 0 Å². The number of nitrogens with one attached hydrogen (secondary N) is 1. The van der Waals surface area contributed by atoms with Gasteiger partial charge in [-0.1, -0.05) is 39.8 Å². The van der Waals surface area contributed by atoms with Crippen LogP contribution in [0.15, 0.2) is 29.2 Å². The van der Waals surface area contributed by atoms with Gasteiger partial charge >= 0.3 is 0 Å². The second-order valence-electron chi connectivity index (χ2n) is 6.03. The number of hydrogen-bond acceptors (Lipinski definition) is 3. The summed E-state index contributed by atoms with van der Waals surface area (Å²) in [6.07, 6.45) is 0. The molecule has 21 heavy (non-hydrogen) atoms. The van der Waals surface area contributed by atoms with E-state index in [2.05, 4.69) is 37.4 Å². The Balaban J connectivity index is 2.55. The van der Waals surface area contributed by atoms with Gasteiger partial charge in [0.25, 0.3) is 0 Å². The van der Waals surface area contributed by atoms with Crippen LogP contribution in [0.4, 0.5) is 0 Å². The Morgan fingerprint density at radius 3 is 2.29 bits per heavy atom. The maximum absolute atomic E-state index is 12.0. The van der Waals surface area contributed by atoms with E-state index in [4.69, 9.17) is 0 Å². The van der Waals surface area contributed by atoms with Crippen molar-refractivity contribution in [3.05, 3.63) is 29.8 Å². The maximum atomic E-state index is 12.0. The molecule has 0 spiro atoms. The van der Waals surface area contributed by atoms with E-state index in [9.17, 15) is 10.1 Å². The van der Waals surface area contributed by atoms with Crippen LogP contribution in [-0.2, 0) is 4.79 Å². The third-order valence-electron chi connectivity index (χ3n) is 3.70. The van der Waals surface area contributed by atoms with Crippen molar-refractivity contribution in [3.8, 4) is 6.07 Å². The average molecular weight is 304 g/mol. The predicted molar refractivity (Wildman–Crippen MR) is 88.3 cm³/mol. The van der Waals surface area contributed by atoms with E-state index in [0.29, 0.717) is 11.7 Å². The molecular weight excluding hydrogens is 280 g/mol. The first-order valence-corrected chi connectivity index (χ1v) is 8.22. The lowest BCUT2D eigenvalue weighted by molar-refractivity contribution is -0.120. The van der Waals surface area contributed by atoms with Crippen molar-refractivity contribution in [1.29, 1.82) is 5.26 Å². The Hall–Kier alpha value is -1.47. The fourth-order valence-electron chi connectivity index (χ4n) is 1.72. The number of nitrogens with zero attached hydrogens (tertiary/aromatic N) is 1. The van der Waals surface area contributed by atoms with Crippen molar-refractivity contribution in [2.24, 2.45) is 5.92 Å². The number of thioether (sulfide) groups is 1. The quantitative estimate of drug-likeness (QED) is 0.809. The van der Waals surface area contributed by atoms with Crippen molar-refractivity contribution >= 4 is 17.7 Å². The molecule has 0 aromatic heterocycles. The van der Waals surface area contributed by atoms with Gasteiger partial charge in [-0.3, -0.25) is 4.79 Å². The molecule has 0 heterocycles. The van der Waals surface area contributed by atoms with Crippen LogP contribution in [0, 0.1) is 17.2 Å². The highest BCUT2D eigenvalue weighted by Gasteiger charge is 2.29. The summed E-state index contributed by atoms with van der Waals surface area (Å²) in [6.45, 7) is 9.94. The van der Waals surface area contributed by atoms with Crippen molar-refractivity contribution in [1.82, 2.24) is 5.32 Å². The van der Waals surface area contributed by atoms with Gasteiger partial charge in [-0.2, -0.15) is 5.26 Å². The Labute approximate surface area is 132 Å². The minimum absolute atomic E-state index is 0.0711. The molecule has 0 saturated carbocycles. The lowest BCUT2D eigenvalue weighted by Gasteiger charge is -2.27. The predicted octanol–water partition coefficient (Wildman–Crippen LogP) is 3.96. The third kappa shape index (κ3) is 5.09. The molecule has 4 heteroatoms. The minimum atomic E-state index is -0.806. The topological polar surface area (TPSA) is 52.9 Å². The van der Waals surface area contributed by atoms with Gasteiger partial charge < -0.3 is 5.32 Å². The van der Waals surface area contributed by atoms with Crippen molar-refractivity contribution in [2.45, 2.75) is 51.0 Å². The first kappa shape index (κ1) is 17.6. The van der Waals surface area contributed by atoms with E-state index < -0.39 is 5.54 Å². The standard InChI is InChI=1S/C17H24N2OS/c1-12(2)14-6-8-15(9-7-14)21-10-16(20)19-17(5,11-18)13(3)4/h6-9,12-13H,10H2,1-5H3,(H,19,20). The second kappa shape index (κ2) is 7.51. The molecule has 1 aromatic rings. The highest BCUT2D eigenvalue weighted by Crippen LogP contribution is 2.22. The van der Waals surface area contributed by atoms with Crippen molar-refractivity contribution in [2.75, 3.05) is 5.75 Å². The minimum Gasteiger partial charge on any atom is -0.337 e. The molecule has 0 aliphatic carbocycles. The van der Waals surface area contributed by atoms with E-state index in [1.165, 1.54) is 17.3 Å². The number of nitriles is 1. The van der Waals surface area contributed by atoms with Crippen molar-refractivity contribution in [3.63, 3.8) is 0 Å². The zero-order chi connectivity index (χ0) is 16.0. The molecule has 0 bridgehead atoms. The van der Waals surface area contributed by atoms with Gasteiger partial charge in [0.2, 0.25) is 5.91 Å². The summed E-state index contributed by atoms with van der Waals surface area (Å²) in [6, 6.07) is 10.5. The summed E-state index contributed by atoms with van der Waals surface area (Å²) in [5.74, 6) is 0.799. The summed E-state index contributed by atoms with van der Waals surface area (Å²) >= 11 is 1.49. The fraction of sp³-hybridized carbons (Fsp3) is 0.529. The molecule has 0 aliphatic heterocycles. The zero-order valence-electron chi connectivity index (χ0n) is 13.4. The van der Waals surface area contributed by atoms with Gasteiger partial charge in [0.05, 0.1) is 11.8 Å². The van der Waals surface area contributed by atoms with Crippen LogP contribution in [0.3, 0.4) is 0 Å². The smallest absolute Gasteiger partial charge is 0.231 e. The summed E-state index contributed by atoms with van der Waals surface area (Å²) in [5, 5.41) is 12.0. The Bertz CT molecular complexity index is 517. The summed E-state index contributed by atoms with van der Waals surface area (Å²) in [4.78, 5) is 13.1. The van der Waals surface area contributed by atoms with Gasteiger partial charge in [0.1, 0.15) is 5.54 Å². The largest absolute Gasteiger partial charge is 0.337 e. The van der Waals surface area contributed by atoms with Crippen LogP contribution >= 0.6 is 11.8 Å². The molecule has 1 amide bonds. The van der Waals surface area contributed by atoms with E-state index in [-0.39, 0.29) is 11.8 Å². The Morgan fingerprint density at radius 1 is 1.29 bits per heavy atom. The van der Waals surface area contributed by atoms with E-state index in [0.717, 1.165) is 4.90 Å². The third-order valence-corrected chi connectivity index (χ3v) is 4.71. The van der Waals surface area contributed by atoms with Gasteiger partial charge in [0, 0.05) is 4.90 Å². The highest BCUT2D eigenvalue weighted by molar-refractivity contribution is 8.00. The molecule has 114 valence electrons. The van der Waals surface area contributed by atoms with Gasteiger partial charge in [-0.05, 0) is 36.5 Å². The number of carbonyl (C=O) groups is 1. The van der Waals surface area contributed by atoms with E-state index in [1.807, 2.05) is 26.0 Å². The van der Waals surface area contributed by atoms with Crippen molar-refractivity contribution < 1.29 is 4.79 Å². The summed E-state index contributed by atoms with van der Waals surface area (Å²) in [5.41, 5.74) is 0.486. The average Bonchev–Trinajstić information content (AvgIpc) is 2.45. The van der Waals surface area contributed by atoms with Gasteiger partial charge in [-0.25, -0.2) is 0 Å². The molecule has 0 radical (unpaired) electrons. The normalized spacial score (nSPS) is 13.8. The molecule has 1 rings (SSSR count). The number of benzene rings is 1. The number of carbonyl (C=O) groups excluding carboxylic acids is 1. The molecule has 0 aliphatic rings. The molecule has 1 aromatic carbocycles. The van der Waals surface area contributed by atoms with Crippen LogP contribution in [0.5, 0.6) is 0 Å². The van der Waals surface area contributed by atoms with Gasteiger partial charge in [0.15, 0.2) is 0 Å². The van der Waals surface area contributed by atoms with Crippen LogP contribution in [-0.4, -0.2) is 17.2 Å². The Morgan fingerprint density at radius 2 is 1.86 bits per heavy atom. The first-order valence-electron chi connectivity index (χ1n) is 7.23. The number of hydrogen-bond donors (Lipinski definition) is 1. The second-order valence-corrected chi connectivity index (χ2v) is 7.08. The van der Waals surface area contributed by atoms with E-state index in [1.54, 1.807) is 6.92 Å². The molecular formula is C17H24N2OS. The SMILES string of the molecule is CC(C)c1ccc(SCC(=O)NC(C)(C#N)C(C)C)cc1. The first-order chi connectivity index (χ1) is 9.78. The molecule has 0 saturated heterocycles. The number of amides is 1. The molecule has 3 nitrogen and oxygen atoms in total. The summed E-state index contributed by atoms with van der Waals surface area (Å²) < 4.78 is 0. The summed E-state index contributed by atoms with van der Waals surface area (Å²) in [7, 11) is 0. The van der Waals surface area contributed by atoms with Crippen LogP contribution in [0.2, 0.25) is 0 Å². The van der Waals surface area contributed by atoms with Crippen LogP contribution < -0.4 is 5.32 Å². The molecule has 0 fully saturated rings. The van der Waals surface area contributed by atoms with Gasteiger partial charge in [-0.15, -0.1) is 11.8 Å². The monoisotopic (exact) mass is 304 g/mol. The molecule has 1 N–H and O–H groups in total. The Kier molecular flexibility index (Phi) is 6.29. The number of rotatable bonds is 6. The molecule has 1 atom stereocenters. The lowest BCUT2D eigenvalue weighted by Crippen LogP contribution is -2.49. The van der Waals surface area contributed by atoms with Crippen LogP contribution in [0.25, 0.3) is 0 Å². The lowest BCUT2D eigenvalue weighted by atomic mass is 9.90. The molecule has 1 unspecified atom stereocenters. The zero-order valence-corrected chi connectivity index (χ0v) is 14.3. The maximum Gasteiger partial charge on any atom is 0.231 e. The van der Waals surface area contributed by atoms with Crippen LogP contribution in [0.1, 0.15) is 46.1 Å². The highest BCUT2D eigenvalue weighted by atomic mass is 32.2.